The Bertz CT molecular complexity index is 338. The fourth-order valence-corrected chi connectivity index (χ4v) is 3.96. The Labute approximate surface area is 127 Å². The Morgan fingerprint density at radius 2 is 1.90 bits per heavy atom. The van der Waals surface area contributed by atoms with Crippen LogP contribution in [0.4, 0.5) is 0 Å². The predicted molar refractivity (Wildman–Crippen MR) is 82.2 cm³/mol. The third-order valence-electron chi connectivity index (χ3n) is 5.28. The molecule has 0 aromatic rings. The molecule has 0 radical (unpaired) electrons. The standard InChI is InChI=1S/C16H29N3O2/c20-16(18-12-13-5-10-21-11-6-13)15-2-1-9-19(15)14-3-7-17-8-4-14/h13-15,17H,1-12H2,(H,18,20). The summed E-state index contributed by atoms with van der Waals surface area (Å²) in [5, 5.41) is 6.62. The van der Waals surface area contributed by atoms with Crippen LogP contribution >= 0.6 is 0 Å². The molecule has 0 aromatic carbocycles. The van der Waals surface area contributed by atoms with Crippen LogP contribution < -0.4 is 10.6 Å². The number of amides is 1. The Kier molecular flexibility index (Phi) is 5.49. The van der Waals surface area contributed by atoms with E-state index in [9.17, 15) is 4.79 Å². The molecular formula is C16H29N3O2. The van der Waals surface area contributed by atoms with Gasteiger partial charge >= 0.3 is 0 Å². The van der Waals surface area contributed by atoms with Crippen molar-refractivity contribution in [3.63, 3.8) is 0 Å². The molecule has 3 aliphatic rings. The summed E-state index contributed by atoms with van der Waals surface area (Å²) in [5.41, 5.74) is 0. The zero-order chi connectivity index (χ0) is 14.5. The topological polar surface area (TPSA) is 53.6 Å². The molecule has 3 fully saturated rings. The lowest BCUT2D eigenvalue weighted by molar-refractivity contribution is -0.126. The van der Waals surface area contributed by atoms with Crippen LogP contribution in [0.2, 0.25) is 0 Å². The molecule has 21 heavy (non-hydrogen) atoms. The summed E-state index contributed by atoms with van der Waals surface area (Å²) in [4.78, 5) is 15.0. The molecule has 5 nitrogen and oxygen atoms in total. The SMILES string of the molecule is O=C(NCC1CCOCC1)C1CCCN1C1CCNCC1. The molecule has 1 atom stereocenters. The second kappa shape index (κ2) is 7.56. The molecule has 0 aromatic heterocycles. The Morgan fingerprint density at radius 3 is 2.67 bits per heavy atom. The lowest BCUT2D eigenvalue weighted by Crippen LogP contribution is -2.51. The molecule has 0 spiro atoms. The number of carbonyl (C=O) groups excluding carboxylic acids is 1. The van der Waals surface area contributed by atoms with Crippen molar-refractivity contribution < 1.29 is 9.53 Å². The maximum absolute atomic E-state index is 12.5. The van der Waals surface area contributed by atoms with Crippen molar-refractivity contribution in [1.29, 1.82) is 0 Å². The maximum Gasteiger partial charge on any atom is 0.237 e. The molecule has 3 heterocycles. The van der Waals surface area contributed by atoms with Crippen molar-refractivity contribution in [3.05, 3.63) is 0 Å². The van der Waals surface area contributed by atoms with Crippen molar-refractivity contribution in [2.24, 2.45) is 5.92 Å². The molecule has 3 saturated heterocycles. The van der Waals surface area contributed by atoms with E-state index in [0.717, 1.165) is 58.7 Å². The number of piperidine rings is 1. The van der Waals surface area contributed by atoms with E-state index in [-0.39, 0.29) is 11.9 Å². The zero-order valence-electron chi connectivity index (χ0n) is 13.0. The van der Waals surface area contributed by atoms with E-state index in [0.29, 0.717) is 12.0 Å². The van der Waals surface area contributed by atoms with Gasteiger partial charge in [-0.05, 0) is 64.1 Å². The van der Waals surface area contributed by atoms with Crippen molar-refractivity contribution in [3.8, 4) is 0 Å². The van der Waals surface area contributed by atoms with Gasteiger partial charge in [-0.3, -0.25) is 9.69 Å². The van der Waals surface area contributed by atoms with Gasteiger partial charge in [0.25, 0.3) is 0 Å². The lowest BCUT2D eigenvalue weighted by Gasteiger charge is -2.35. The van der Waals surface area contributed by atoms with Gasteiger partial charge in [-0.2, -0.15) is 0 Å². The van der Waals surface area contributed by atoms with Gasteiger partial charge in [0.2, 0.25) is 5.91 Å². The van der Waals surface area contributed by atoms with Crippen molar-refractivity contribution in [2.45, 2.75) is 50.6 Å². The van der Waals surface area contributed by atoms with Gasteiger partial charge in [-0.1, -0.05) is 0 Å². The van der Waals surface area contributed by atoms with Gasteiger partial charge in [-0.25, -0.2) is 0 Å². The first-order valence-electron chi connectivity index (χ1n) is 8.66. The van der Waals surface area contributed by atoms with Crippen molar-refractivity contribution in [1.82, 2.24) is 15.5 Å². The van der Waals surface area contributed by atoms with Gasteiger partial charge in [0, 0.05) is 25.8 Å². The van der Waals surface area contributed by atoms with E-state index in [2.05, 4.69) is 15.5 Å². The van der Waals surface area contributed by atoms with Crippen LogP contribution in [0, 0.1) is 5.92 Å². The Hall–Kier alpha value is -0.650. The molecule has 3 aliphatic heterocycles. The molecule has 0 bridgehead atoms. The van der Waals surface area contributed by atoms with Gasteiger partial charge in [0.1, 0.15) is 0 Å². The van der Waals surface area contributed by atoms with Crippen LogP contribution in [0.15, 0.2) is 0 Å². The number of nitrogens with zero attached hydrogens (tertiary/aromatic N) is 1. The van der Waals surface area contributed by atoms with Crippen molar-refractivity contribution in [2.75, 3.05) is 39.4 Å². The Morgan fingerprint density at radius 1 is 1.14 bits per heavy atom. The summed E-state index contributed by atoms with van der Waals surface area (Å²) in [6.07, 6.45) is 6.74. The van der Waals surface area contributed by atoms with Crippen LogP contribution in [0.25, 0.3) is 0 Å². The third-order valence-corrected chi connectivity index (χ3v) is 5.28. The highest BCUT2D eigenvalue weighted by Crippen LogP contribution is 2.24. The van der Waals surface area contributed by atoms with Crippen LogP contribution in [0.5, 0.6) is 0 Å². The van der Waals surface area contributed by atoms with Crippen LogP contribution in [-0.2, 0) is 9.53 Å². The minimum Gasteiger partial charge on any atom is -0.381 e. The van der Waals surface area contributed by atoms with Gasteiger partial charge < -0.3 is 15.4 Å². The molecule has 0 aliphatic carbocycles. The first-order valence-corrected chi connectivity index (χ1v) is 8.66. The molecule has 5 heteroatoms. The van der Waals surface area contributed by atoms with E-state index in [4.69, 9.17) is 4.74 Å². The number of carbonyl (C=O) groups is 1. The number of rotatable bonds is 4. The highest BCUT2D eigenvalue weighted by molar-refractivity contribution is 5.82. The molecule has 1 amide bonds. The van der Waals surface area contributed by atoms with Crippen molar-refractivity contribution >= 4 is 5.91 Å². The van der Waals surface area contributed by atoms with E-state index >= 15 is 0 Å². The molecule has 3 rings (SSSR count). The second-order valence-corrected chi connectivity index (χ2v) is 6.68. The number of nitrogens with one attached hydrogen (secondary N) is 2. The normalized spacial score (nSPS) is 29.6. The minimum atomic E-state index is 0.118. The summed E-state index contributed by atoms with van der Waals surface area (Å²) >= 11 is 0. The largest absolute Gasteiger partial charge is 0.381 e. The van der Waals surface area contributed by atoms with Crippen LogP contribution in [-0.4, -0.2) is 62.3 Å². The first-order chi connectivity index (χ1) is 10.3. The number of likely N-dealkylation sites (tertiary alicyclic amines) is 1. The number of hydrogen-bond acceptors (Lipinski definition) is 4. The molecule has 1 unspecified atom stereocenters. The average Bonchev–Trinajstić information content (AvgIpc) is 3.04. The summed E-state index contributed by atoms with van der Waals surface area (Å²) in [6, 6.07) is 0.723. The number of hydrogen-bond donors (Lipinski definition) is 2. The zero-order valence-corrected chi connectivity index (χ0v) is 13.0. The molecular weight excluding hydrogens is 266 g/mol. The highest BCUT2D eigenvalue weighted by atomic mass is 16.5. The second-order valence-electron chi connectivity index (χ2n) is 6.68. The smallest absolute Gasteiger partial charge is 0.237 e. The van der Waals surface area contributed by atoms with E-state index < -0.39 is 0 Å². The van der Waals surface area contributed by atoms with E-state index in [1.165, 1.54) is 19.3 Å². The fraction of sp³-hybridized carbons (Fsp3) is 0.938. The first kappa shape index (κ1) is 15.3. The van der Waals surface area contributed by atoms with E-state index in [1.54, 1.807) is 0 Å². The van der Waals surface area contributed by atoms with Crippen LogP contribution in [0.3, 0.4) is 0 Å². The summed E-state index contributed by atoms with van der Waals surface area (Å²) in [5.74, 6) is 0.869. The third kappa shape index (κ3) is 3.96. The monoisotopic (exact) mass is 295 g/mol. The fourth-order valence-electron chi connectivity index (χ4n) is 3.96. The van der Waals surface area contributed by atoms with Gasteiger partial charge in [0.05, 0.1) is 6.04 Å². The van der Waals surface area contributed by atoms with Gasteiger partial charge in [-0.15, -0.1) is 0 Å². The van der Waals surface area contributed by atoms with Gasteiger partial charge in [0.15, 0.2) is 0 Å². The quantitative estimate of drug-likeness (QED) is 0.803. The molecule has 0 saturated carbocycles. The average molecular weight is 295 g/mol. The summed E-state index contributed by atoms with van der Waals surface area (Å²) in [7, 11) is 0. The molecule has 120 valence electrons. The Balaban J connectivity index is 1.48. The highest BCUT2D eigenvalue weighted by Gasteiger charge is 2.35. The van der Waals surface area contributed by atoms with E-state index in [1.807, 2.05) is 0 Å². The molecule has 2 N–H and O–H groups in total. The summed E-state index contributed by atoms with van der Waals surface area (Å²) in [6.45, 7) is 5.82. The minimum absolute atomic E-state index is 0.118. The van der Waals surface area contributed by atoms with Crippen LogP contribution in [0.1, 0.15) is 38.5 Å². The maximum atomic E-state index is 12.5. The number of ether oxygens (including phenoxy) is 1. The lowest BCUT2D eigenvalue weighted by atomic mass is 10.00. The summed E-state index contributed by atoms with van der Waals surface area (Å²) < 4.78 is 5.38. The predicted octanol–water partition coefficient (Wildman–Crippen LogP) is 0.746.